The van der Waals surface area contributed by atoms with Crippen LogP contribution in [-0.2, 0) is 15.3 Å². The number of rotatable bonds is 8. The van der Waals surface area contributed by atoms with E-state index in [1.807, 2.05) is 13.8 Å². The van der Waals surface area contributed by atoms with Crippen molar-refractivity contribution in [1.29, 1.82) is 0 Å². The molecule has 1 heterocycles. The Labute approximate surface area is 157 Å². The maximum Gasteiger partial charge on any atom is 0.259 e. The van der Waals surface area contributed by atoms with Crippen molar-refractivity contribution < 1.29 is 18.8 Å². The van der Waals surface area contributed by atoms with E-state index < -0.39 is 0 Å². The topological polar surface area (TPSA) is 84.7 Å². The number of hydrogen-bond acceptors (Lipinski definition) is 6. The van der Waals surface area contributed by atoms with E-state index in [1.54, 1.807) is 38.4 Å². The summed E-state index contributed by atoms with van der Waals surface area (Å²) in [5.41, 5.74) is 2.58. The first-order chi connectivity index (χ1) is 12.4. The summed E-state index contributed by atoms with van der Waals surface area (Å²) in [4.78, 5) is 25.0. The Kier molecular flexibility index (Phi) is 7.08. The third-order valence-corrected chi connectivity index (χ3v) is 4.62. The molecule has 0 atom stereocenters. The first-order valence-electron chi connectivity index (χ1n) is 8.09. The van der Waals surface area contributed by atoms with Crippen molar-refractivity contribution in [2.75, 3.05) is 31.8 Å². The molecule has 7 nitrogen and oxygen atoms in total. The number of nitrogens with one attached hydrogen (secondary N) is 1. The molecule has 0 spiro atoms. The summed E-state index contributed by atoms with van der Waals surface area (Å²) in [5, 5.41) is 6.73. The second-order valence-electron chi connectivity index (χ2n) is 5.94. The number of thioether (sulfide) groups is 1. The lowest BCUT2D eigenvalue weighted by Gasteiger charge is -2.11. The number of nitrogens with zero attached hydrogens (tertiary/aromatic N) is 2. The number of aromatic nitrogens is 1. The van der Waals surface area contributed by atoms with Crippen LogP contribution in [0.1, 0.15) is 17.0 Å². The van der Waals surface area contributed by atoms with Crippen molar-refractivity contribution >= 4 is 29.3 Å². The highest BCUT2D eigenvalue weighted by Gasteiger charge is 2.10. The summed E-state index contributed by atoms with van der Waals surface area (Å²) in [6, 6.07) is 6.92. The van der Waals surface area contributed by atoms with E-state index in [1.165, 1.54) is 16.7 Å². The lowest BCUT2D eigenvalue weighted by molar-refractivity contribution is -0.130. The van der Waals surface area contributed by atoms with Crippen molar-refractivity contribution in [3.05, 3.63) is 41.3 Å². The number of likely N-dealkylation sites (N-methyl/N-ethyl adjacent to an activating group) is 1. The van der Waals surface area contributed by atoms with Gasteiger partial charge in [-0.05, 0) is 38.1 Å². The van der Waals surface area contributed by atoms with Crippen molar-refractivity contribution in [2.45, 2.75) is 19.6 Å². The van der Waals surface area contributed by atoms with Crippen LogP contribution in [0.5, 0.6) is 5.75 Å². The van der Waals surface area contributed by atoms with Crippen LogP contribution in [0.3, 0.4) is 0 Å². The molecule has 8 heteroatoms. The number of anilines is 1. The minimum absolute atomic E-state index is 0.0168. The number of aryl methyl sites for hydroxylation is 2. The zero-order valence-corrected chi connectivity index (χ0v) is 16.2. The monoisotopic (exact) mass is 377 g/mol. The fraction of sp³-hybridized carbons (Fsp3) is 0.389. The molecule has 2 rings (SSSR count). The molecule has 0 saturated carbocycles. The van der Waals surface area contributed by atoms with Gasteiger partial charge in [-0.1, -0.05) is 5.16 Å². The molecule has 0 radical (unpaired) electrons. The summed E-state index contributed by atoms with van der Waals surface area (Å²) in [6.45, 7) is 3.74. The maximum absolute atomic E-state index is 12.0. The largest absolute Gasteiger partial charge is 0.484 e. The van der Waals surface area contributed by atoms with E-state index in [4.69, 9.17) is 9.26 Å². The molecule has 2 amide bonds. The molecule has 0 aliphatic heterocycles. The highest BCUT2D eigenvalue weighted by molar-refractivity contribution is 7.99. The average molecular weight is 377 g/mol. The van der Waals surface area contributed by atoms with Gasteiger partial charge >= 0.3 is 0 Å². The van der Waals surface area contributed by atoms with E-state index in [0.29, 0.717) is 22.9 Å². The van der Waals surface area contributed by atoms with Crippen molar-refractivity contribution in [2.24, 2.45) is 0 Å². The van der Waals surface area contributed by atoms with Crippen molar-refractivity contribution in [1.82, 2.24) is 10.1 Å². The van der Waals surface area contributed by atoms with Crippen LogP contribution in [-0.4, -0.2) is 48.3 Å². The SMILES string of the molecule is Cc1noc(C)c1CSCC(=O)Nc1ccc(OCC(=O)N(C)C)cc1. The van der Waals surface area contributed by atoms with Crippen LogP contribution in [0.25, 0.3) is 0 Å². The number of carbonyl (C=O) groups excluding carboxylic acids is 2. The van der Waals surface area contributed by atoms with E-state index >= 15 is 0 Å². The maximum atomic E-state index is 12.0. The van der Waals surface area contributed by atoms with Gasteiger partial charge in [0.1, 0.15) is 11.5 Å². The second-order valence-corrected chi connectivity index (χ2v) is 6.93. The minimum atomic E-state index is -0.113. The fourth-order valence-electron chi connectivity index (χ4n) is 2.06. The molecular formula is C18H23N3O4S. The van der Waals surface area contributed by atoms with Gasteiger partial charge in [0.25, 0.3) is 5.91 Å². The zero-order chi connectivity index (χ0) is 19.1. The Bertz CT molecular complexity index is 737. The molecule has 0 aliphatic carbocycles. The van der Waals surface area contributed by atoms with E-state index in [9.17, 15) is 9.59 Å². The number of benzene rings is 1. The van der Waals surface area contributed by atoms with Gasteiger partial charge in [0, 0.05) is 31.1 Å². The summed E-state index contributed by atoms with van der Waals surface area (Å²) < 4.78 is 10.5. The van der Waals surface area contributed by atoms with Crippen LogP contribution in [0.2, 0.25) is 0 Å². The van der Waals surface area contributed by atoms with E-state index in [2.05, 4.69) is 10.5 Å². The van der Waals surface area contributed by atoms with Crippen molar-refractivity contribution in [3.63, 3.8) is 0 Å². The Balaban J connectivity index is 1.75. The van der Waals surface area contributed by atoms with Crippen LogP contribution >= 0.6 is 11.8 Å². The molecule has 1 N–H and O–H groups in total. The molecule has 140 valence electrons. The molecule has 0 unspecified atom stereocenters. The average Bonchev–Trinajstić information content (AvgIpc) is 2.92. The summed E-state index contributed by atoms with van der Waals surface area (Å²) in [6.07, 6.45) is 0. The van der Waals surface area contributed by atoms with Gasteiger partial charge in [-0.25, -0.2) is 0 Å². The highest BCUT2D eigenvalue weighted by Crippen LogP contribution is 2.20. The summed E-state index contributed by atoms with van der Waals surface area (Å²) in [7, 11) is 3.35. The second kappa shape index (κ2) is 9.28. The van der Waals surface area contributed by atoms with Crippen LogP contribution in [0.15, 0.2) is 28.8 Å². The van der Waals surface area contributed by atoms with Crippen LogP contribution in [0.4, 0.5) is 5.69 Å². The number of amides is 2. The summed E-state index contributed by atoms with van der Waals surface area (Å²) >= 11 is 1.50. The fourth-order valence-corrected chi connectivity index (χ4v) is 3.04. The third kappa shape index (κ3) is 5.80. The molecule has 0 aliphatic rings. The normalized spacial score (nSPS) is 10.5. The third-order valence-electron chi connectivity index (χ3n) is 3.66. The molecule has 0 bridgehead atoms. The predicted octanol–water partition coefficient (Wildman–Crippen LogP) is 2.63. The Hall–Kier alpha value is -2.48. The summed E-state index contributed by atoms with van der Waals surface area (Å²) in [5.74, 6) is 2.18. The first-order valence-corrected chi connectivity index (χ1v) is 9.24. The van der Waals surface area contributed by atoms with Crippen molar-refractivity contribution in [3.8, 4) is 5.75 Å². The number of hydrogen-bond donors (Lipinski definition) is 1. The number of carbonyl (C=O) groups is 2. The Morgan fingerprint density at radius 1 is 1.23 bits per heavy atom. The Morgan fingerprint density at radius 3 is 2.50 bits per heavy atom. The minimum Gasteiger partial charge on any atom is -0.484 e. The molecule has 2 aromatic rings. The highest BCUT2D eigenvalue weighted by atomic mass is 32.2. The first kappa shape index (κ1) is 19.8. The molecule has 1 aromatic heterocycles. The van der Waals surface area contributed by atoms with E-state index in [0.717, 1.165) is 17.0 Å². The Morgan fingerprint density at radius 2 is 1.92 bits per heavy atom. The zero-order valence-electron chi connectivity index (χ0n) is 15.4. The quantitative estimate of drug-likeness (QED) is 0.761. The standard InChI is InChI=1S/C18H23N3O4S/c1-12-16(13(2)25-20-12)10-26-11-17(22)19-14-5-7-15(8-6-14)24-9-18(23)21(3)4/h5-8H,9-11H2,1-4H3,(H,19,22). The van der Waals surface area contributed by atoms with Gasteiger partial charge in [0.15, 0.2) is 6.61 Å². The molecule has 26 heavy (non-hydrogen) atoms. The van der Waals surface area contributed by atoms with E-state index in [-0.39, 0.29) is 18.4 Å². The lowest BCUT2D eigenvalue weighted by atomic mass is 10.2. The smallest absolute Gasteiger partial charge is 0.259 e. The van der Waals surface area contributed by atoms with Gasteiger partial charge in [-0.2, -0.15) is 0 Å². The van der Waals surface area contributed by atoms with Gasteiger partial charge in [-0.3, -0.25) is 9.59 Å². The van der Waals surface area contributed by atoms with Gasteiger partial charge in [0.05, 0.1) is 11.4 Å². The van der Waals surface area contributed by atoms with Gasteiger partial charge in [0.2, 0.25) is 5.91 Å². The molecule has 0 saturated heterocycles. The molecular weight excluding hydrogens is 354 g/mol. The predicted molar refractivity (Wildman–Crippen MR) is 101 cm³/mol. The number of ether oxygens (including phenoxy) is 1. The van der Waals surface area contributed by atoms with Gasteiger partial charge < -0.3 is 19.5 Å². The molecule has 0 fully saturated rings. The van der Waals surface area contributed by atoms with Gasteiger partial charge in [-0.15, -0.1) is 11.8 Å². The lowest BCUT2D eigenvalue weighted by Crippen LogP contribution is -2.27. The molecule has 1 aromatic carbocycles. The van der Waals surface area contributed by atoms with Crippen LogP contribution in [0, 0.1) is 13.8 Å². The van der Waals surface area contributed by atoms with Crippen LogP contribution < -0.4 is 10.1 Å².